The average Bonchev–Trinajstić information content (AvgIpc) is 2.53. The predicted octanol–water partition coefficient (Wildman–Crippen LogP) is 5.04. The second kappa shape index (κ2) is 8.22. The van der Waals surface area contributed by atoms with E-state index in [0.717, 1.165) is 19.3 Å². The minimum Gasteiger partial charge on any atom is -0.493 e. The molecule has 0 saturated heterocycles. The van der Waals surface area contributed by atoms with Crippen LogP contribution in [-0.2, 0) is 4.79 Å². The van der Waals surface area contributed by atoms with Crippen molar-refractivity contribution in [3.63, 3.8) is 0 Å². The van der Waals surface area contributed by atoms with Crippen molar-refractivity contribution in [2.45, 2.75) is 48.4 Å². The monoisotopic (exact) mass is 422 g/mol. The predicted molar refractivity (Wildman–Crippen MR) is 90.9 cm³/mol. The molecule has 2 nitrogen and oxygen atoms in total. The highest BCUT2D eigenvalue weighted by Gasteiger charge is 2.44. The molecular weight excluding hydrogens is 401 g/mol. The molecule has 22 heavy (non-hydrogen) atoms. The highest BCUT2D eigenvalue weighted by atomic mass is 127. The summed E-state index contributed by atoms with van der Waals surface area (Å²) in [5.41, 5.74) is 0. The summed E-state index contributed by atoms with van der Waals surface area (Å²) in [5.74, 6) is -3.91. The quantitative estimate of drug-likeness (QED) is 0.455. The number of ether oxygens (including phenoxy) is 1. The molecule has 0 heterocycles. The minimum absolute atomic E-state index is 0.179. The van der Waals surface area contributed by atoms with Crippen molar-refractivity contribution < 1.29 is 18.3 Å². The van der Waals surface area contributed by atoms with Gasteiger partial charge >= 0.3 is 5.92 Å². The van der Waals surface area contributed by atoms with E-state index < -0.39 is 28.0 Å². The summed E-state index contributed by atoms with van der Waals surface area (Å²) in [7, 11) is 0. The molecule has 0 aliphatic heterocycles. The molecule has 0 aromatic heterocycles. The van der Waals surface area contributed by atoms with Gasteiger partial charge in [0.25, 0.3) is 0 Å². The molecule has 1 aromatic rings. The molecule has 1 unspecified atom stereocenters. The van der Waals surface area contributed by atoms with Crippen LogP contribution < -0.4 is 4.74 Å². The summed E-state index contributed by atoms with van der Waals surface area (Å²) >= 11 is 1.94. The molecule has 1 aliphatic carbocycles. The van der Waals surface area contributed by atoms with Crippen LogP contribution in [0.3, 0.4) is 0 Å². The van der Waals surface area contributed by atoms with Gasteiger partial charge in [-0.15, -0.1) is 0 Å². The van der Waals surface area contributed by atoms with E-state index in [1.165, 1.54) is 0 Å². The van der Waals surface area contributed by atoms with Gasteiger partial charge in [0.2, 0.25) is 5.78 Å². The van der Waals surface area contributed by atoms with Gasteiger partial charge in [0.15, 0.2) is 0 Å². The number of hydrogen-bond donors (Lipinski definition) is 0. The van der Waals surface area contributed by atoms with Gasteiger partial charge in [-0.05, 0) is 25.0 Å². The zero-order valence-corrected chi connectivity index (χ0v) is 14.6. The van der Waals surface area contributed by atoms with Crippen LogP contribution in [0.5, 0.6) is 5.75 Å². The van der Waals surface area contributed by atoms with Crippen LogP contribution in [0.4, 0.5) is 8.78 Å². The maximum atomic E-state index is 14.2. The smallest absolute Gasteiger partial charge is 0.306 e. The molecule has 1 aliphatic rings. The highest BCUT2D eigenvalue weighted by molar-refractivity contribution is 14.1. The number of ketones is 1. The van der Waals surface area contributed by atoms with E-state index in [1.54, 1.807) is 12.1 Å². The number of benzene rings is 1. The van der Waals surface area contributed by atoms with E-state index in [4.69, 9.17) is 4.74 Å². The van der Waals surface area contributed by atoms with Gasteiger partial charge in [-0.1, -0.05) is 60.1 Å². The third-order valence-corrected chi connectivity index (χ3v) is 4.79. The SMILES string of the molecule is O=C(C1CCCCC1)C(F)(F)CC(I)COc1ccccc1. The second-order valence-electron chi connectivity index (χ2n) is 5.83. The van der Waals surface area contributed by atoms with E-state index in [2.05, 4.69) is 0 Å². The fourth-order valence-corrected chi connectivity index (χ4v) is 3.54. The Bertz CT molecular complexity index is 473. The molecule has 2 rings (SSSR count). The van der Waals surface area contributed by atoms with Crippen LogP contribution in [0.15, 0.2) is 30.3 Å². The van der Waals surface area contributed by atoms with Gasteiger partial charge < -0.3 is 4.74 Å². The normalized spacial score (nSPS) is 18.0. The molecule has 1 aromatic carbocycles. The maximum Gasteiger partial charge on any atom is 0.306 e. The lowest BCUT2D eigenvalue weighted by Crippen LogP contribution is -2.38. The zero-order chi connectivity index (χ0) is 16.0. The van der Waals surface area contributed by atoms with E-state index in [0.29, 0.717) is 18.6 Å². The first-order valence-electron chi connectivity index (χ1n) is 7.73. The van der Waals surface area contributed by atoms with Gasteiger partial charge in [-0.25, -0.2) is 0 Å². The molecule has 0 spiro atoms. The summed E-state index contributed by atoms with van der Waals surface area (Å²) in [6.07, 6.45) is 3.60. The van der Waals surface area contributed by atoms with Crippen molar-refractivity contribution in [3.05, 3.63) is 30.3 Å². The Morgan fingerprint density at radius 3 is 2.50 bits per heavy atom. The van der Waals surface area contributed by atoms with Crippen LogP contribution in [0, 0.1) is 5.92 Å². The number of hydrogen-bond acceptors (Lipinski definition) is 2. The topological polar surface area (TPSA) is 26.3 Å². The molecule has 0 amide bonds. The summed E-state index contributed by atoms with van der Waals surface area (Å²) in [5, 5.41) is 0. The van der Waals surface area contributed by atoms with Crippen LogP contribution >= 0.6 is 22.6 Å². The van der Waals surface area contributed by atoms with Gasteiger partial charge in [-0.2, -0.15) is 8.78 Å². The molecule has 1 atom stereocenters. The van der Waals surface area contributed by atoms with Crippen LogP contribution in [0.25, 0.3) is 0 Å². The maximum absolute atomic E-state index is 14.2. The van der Waals surface area contributed by atoms with Crippen molar-refractivity contribution in [1.82, 2.24) is 0 Å². The molecule has 122 valence electrons. The number of carbonyl (C=O) groups excluding carboxylic acids is 1. The third-order valence-electron chi connectivity index (χ3n) is 3.99. The van der Waals surface area contributed by atoms with Crippen LogP contribution in [0.1, 0.15) is 38.5 Å². The third kappa shape index (κ3) is 5.18. The van der Waals surface area contributed by atoms with Crippen molar-refractivity contribution >= 4 is 28.4 Å². The van der Waals surface area contributed by atoms with Gasteiger partial charge in [0.05, 0.1) is 3.92 Å². The fraction of sp³-hybridized carbons (Fsp3) is 0.588. The number of carbonyl (C=O) groups is 1. The summed E-state index contributed by atoms with van der Waals surface area (Å²) in [6, 6.07) is 9.10. The Hall–Kier alpha value is -0.720. The Kier molecular flexibility index (Phi) is 6.59. The Morgan fingerprint density at radius 2 is 1.86 bits per heavy atom. The first-order chi connectivity index (χ1) is 10.5. The first-order valence-corrected chi connectivity index (χ1v) is 8.97. The van der Waals surface area contributed by atoms with E-state index >= 15 is 0 Å². The Morgan fingerprint density at radius 1 is 1.23 bits per heavy atom. The lowest BCUT2D eigenvalue weighted by molar-refractivity contribution is -0.149. The fourth-order valence-electron chi connectivity index (χ4n) is 2.80. The number of halogens is 3. The number of rotatable bonds is 7. The molecule has 0 radical (unpaired) electrons. The van der Waals surface area contributed by atoms with Gasteiger partial charge in [-0.3, -0.25) is 4.79 Å². The highest BCUT2D eigenvalue weighted by Crippen LogP contribution is 2.34. The average molecular weight is 422 g/mol. The molecule has 1 saturated carbocycles. The van der Waals surface area contributed by atoms with Gasteiger partial charge in [0, 0.05) is 12.3 Å². The summed E-state index contributed by atoms with van der Waals surface area (Å²) in [6.45, 7) is 0.179. The van der Waals surface area contributed by atoms with Crippen LogP contribution in [-0.4, -0.2) is 22.2 Å². The Balaban J connectivity index is 1.83. The van der Waals surface area contributed by atoms with Crippen molar-refractivity contribution in [3.8, 4) is 5.75 Å². The molecule has 0 bridgehead atoms. The molecular formula is C17H21F2IO2. The zero-order valence-electron chi connectivity index (χ0n) is 12.4. The molecule has 1 fully saturated rings. The largest absolute Gasteiger partial charge is 0.493 e. The number of alkyl halides is 3. The number of para-hydroxylation sites is 1. The summed E-state index contributed by atoms with van der Waals surface area (Å²) < 4.78 is 33.4. The minimum atomic E-state index is -3.24. The van der Waals surface area contributed by atoms with Crippen molar-refractivity contribution in [2.24, 2.45) is 5.92 Å². The van der Waals surface area contributed by atoms with Crippen molar-refractivity contribution in [1.29, 1.82) is 0 Å². The lowest BCUT2D eigenvalue weighted by atomic mass is 9.83. The standard InChI is InChI=1S/C17H21F2IO2/c18-17(19,16(21)13-7-3-1-4-8-13)11-14(20)12-22-15-9-5-2-6-10-15/h2,5-6,9-10,13-14H,1,3-4,7-8,11-12H2. The van der Waals surface area contributed by atoms with Gasteiger partial charge in [0.1, 0.15) is 12.4 Å². The van der Waals surface area contributed by atoms with E-state index in [9.17, 15) is 13.6 Å². The van der Waals surface area contributed by atoms with Crippen LogP contribution in [0.2, 0.25) is 0 Å². The Labute approximate surface area is 143 Å². The first kappa shape index (κ1) is 17.6. The van der Waals surface area contributed by atoms with E-state index in [-0.39, 0.29) is 6.61 Å². The van der Waals surface area contributed by atoms with E-state index in [1.807, 2.05) is 40.8 Å². The molecule has 0 N–H and O–H groups in total. The summed E-state index contributed by atoms with van der Waals surface area (Å²) in [4.78, 5) is 12.0. The number of Topliss-reactive ketones (excluding diaryl/α,β-unsaturated/α-hetero) is 1. The van der Waals surface area contributed by atoms with Crippen molar-refractivity contribution in [2.75, 3.05) is 6.61 Å². The molecule has 5 heteroatoms. The second-order valence-corrected chi connectivity index (χ2v) is 7.59. The lowest BCUT2D eigenvalue weighted by Gasteiger charge is -2.26.